The van der Waals surface area contributed by atoms with E-state index in [0.29, 0.717) is 37.7 Å². The molecule has 0 bridgehead atoms. The normalized spacial score (nSPS) is 16.9. The van der Waals surface area contributed by atoms with E-state index in [9.17, 15) is 9.90 Å². The number of rotatable bonds is 4. The first-order valence-electron chi connectivity index (χ1n) is 8.39. The number of carbonyl (C=O) groups excluding carboxylic acids is 1. The van der Waals surface area contributed by atoms with E-state index in [-0.39, 0.29) is 18.0 Å². The molecule has 3 aromatic rings. The maximum atomic E-state index is 11.9. The second kappa shape index (κ2) is 6.96. The molecular formula is C16H19N5O4S. The molecule has 0 aromatic carbocycles. The molecule has 1 aliphatic rings. The number of carbonyl (C=O) groups is 1. The highest BCUT2D eigenvalue weighted by Gasteiger charge is 2.34. The average molecular weight is 377 g/mol. The van der Waals surface area contributed by atoms with Gasteiger partial charge in [0.25, 0.3) is 0 Å². The van der Waals surface area contributed by atoms with Crippen molar-refractivity contribution in [1.29, 1.82) is 0 Å². The van der Waals surface area contributed by atoms with Crippen molar-refractivity contribution >= 4 is 22.4 Å². The van der Waals surface area contributed by atoms with Gasteiger partial charge in [-0.1, -0.05) is 11.3 Å². The number of thiazole rings is 1. The third-order valence-electron chi connectivity index (χ3n) is 4.41. The van der Waals surface area contributed by atoms with Gasteiger partial charge in [0.15, 0.2) is 0 Å². The van der Waals surface area contributed by atoms with E-state index < -0.39 is 0 Å². The Morgan fingerprint density at radius 2 is 2.23 bits per heavy atom. The van der Waals surface area contributed by atoms with Crippen molar-refractivity contribution < 1.29 is 19.1 Å². The molecule has 1 aliphatic heterocycles. The summed E-state index contributed by atoms with van der Waals surface area (Å²) in [4.78, 5) is 21.3. The number of aromatic nitrogens is 3. The lowest BCUT2D eigenvalue weighted by molar-refractivity contribution is 0.0686. The van der Waals surface area contributed by atoms with Crippen LogP contribution in [0.25, 0.3) is 4.96 Å². The fraction of sp³-hybridized carbons (Fsp3) is 0.438. The van der Waals surface area contributed by atoms with Crippen LogP contribution in [0, 0.1) is 0 Å². The van der Waals surface area contributed by atoms with Crippen molar-refractivity contribution in [3.05, 3.63) is 35.4 Å². The molecule has 1 atom stereocenters. The van der Waals surface area contributed by atoms with E-state index in [2.05, 4.69) is 15.0 Å². The third kappa shape index (κ3) is 2.90. The summed E-state index contributed by atoms with van der Waals surface area (Å²) in [5.41, 5.74) is 0. The maximum Gasteiger partial charge on any atom is 0.409 e. The maximum absolute atomic E-state index is 11.9. The summed E-state index contributed by atoms with van der Waals surface area (Å²) in [5, 5.41) is 14.7. The van der Waals surface area contributed by atoms with Crippen LogP contribution in [0.1, 0.15) is 23.6 Å². The summed E-state index contributed by atoms with van der Waals surface area (Å²) >= 11 is 1.38. The van der Waals surface area contributed by atoms with Crippen molar-refractivity contribution in [3.8, 4) is 5.88 Å². The van der Waals surface area contributed by atoms with Gasteiger partial charge in [0.2, 0.25) is 10.8 Å². The second-order valence-electron chi connectivity index (χ2n) is 5.88. The number of amides is 1. The molecule has 4 heterocycles. The van der Waals surface area contributed by atoms with Gasteiger partial charge in [-0.05, 0) is 19.1 Å². The summed E-state index contributed by atoms with van der Waals surface area (Å²) in [7, 11) is 0. The van der Waals surface area contributed by atoms with E-state index >= 15 is 0 Å². The zero-order chi connectivity index (χ0) is 18.1. The number of nitrogens with zero attached hydrogens (tertiary/aromatic N) is 5. The molecule has 0 aliphatic carbocycles. The molecule has 26 heavy (non-hydrogen) atoms. The number of furan rings is 1. The van der Waals surface area contributed by atoms with Gasteiger partial charge in [0.05, 0.1) is 17.7 Å². The van der Waals surface area contributed by atoms with Crippen molar-refractivity contribution in [2.75, 3.05) is 32.8 Å². The molecule has 3 aromatic heterocycles. The number of aromatic hydroxyl groups is 1. The van der Waals surface area contributed by atoms with Crippen molar-refractivity contribution in [1.82, 2.24) is 24.4 Å². The zero-order valence-corrected chi connectivity index (χ0v) is 15.1. The highest BCUT2D eigenvalue weighted by atomic mass is 32.1. The fourth-order valence-electron chi connectivity index (χ4n) is 3.17. The third-order valence-corrected chi connectivity index (χ3v) is 5.49. The monoisotopic (exact) mass is 377 g/mol. The van der Waals surface area contributed by atoms with Crippen LogP contribution in [-0.2, 0) is 4.74 Å². The standard InChI is InChI=1S/C16H19N5O4S/c1-2-24-16(23)20-7-5-19(6-8-20)12(11-4-3-9-25-11)13-14(22)21-15(26-13)17-10-18-21/h3-4,9-10,12,22H,2,5-8H2,1H3. The minimum Gasteiger partial charge on any atom is -0.492 e. The van der Waals surface area contributed by atoms with Crippen molar-refractivity contribution in [3.63, 3.8) is 0 Å². The number of hydrogen-bond donors (Lipinski definition) is 1. The van der Waals surface area contributed by atoms with Crippen LogP contribution in [0.15, 0.2) is 29.1 Å². The molecule has 0 saturated carbocycles. The Morgan fingerprint density at radius 1 is 1.42 bits per heavy atom. The molecule has 1 fully saturated rings. The van der Waals surface area contributed by atoms with Gasteiger partial charge >= 0.3 is 6.09 Å². The highest BCUT2D eigenvalue weighted by Crippen LogP contribution is 2.40. The van der Waals surface area contributed by atoms with Crippen molar-refractivity contribution in [2.45, 2.75) is 13.0 Å². The van der Waals surface area contributed by atoms with Crippen molar-refractivity contribution in [2.24, 2.45) is 0 Å². The summed E-state index contributed by atoms with van der Waals surface area (Å²) in [6.07, 6.45) is 2.74. The van der Waals surface area contributed by atoms with Crippen LogP contribution in [0.2, 0.25) is 0 Å². The first-order valence-corrected chi connectivity index (χ1v) is 9.21. The number of piperazine rings is 1. The Kier molecular flexibility index (Phi) is 4.51. The summed E-state index contributed by atoms with van der Waals surface area (Å²) in [6.45, 7) is 4.54. The molecule has 10 heteroatoms. The zero-order valence-electron chi connectivity index (χ0n) is 14.2. The quantitative estimate of drug-likeness (QED) is 0.742. The van der Waals surface area contributed by atoms with Crippen LogP contribution in [-0.4, -0.2) is 68.4 Å². The molecular weight excluding hydrogens is 358 g/mol. The Bertz CT molecular complexity index is 882. The Morgan fingerprint density at radius 3 is 2.88 bits per heavy atom. The second-order valence-corrected chi connectivity index (χ2v) is 6.89. The summed E-state index contributed by atoms with van der Waals surface area (Å²) in [6, 6.07) is 3.45. The predicted molar refractivity (Wildman–Crippen MR) is 93.2 cm³/mol. The molecule has 1 saturated heterocycles. The number of hydrogen-bond acceptors (Lipinski definition) is 8. The van der Waals surface area contributed by atoms with Gasteiger partial charge in [-0.2, -0.15) is 9.61 Å². The van der Waals surface area contributed by atoms with E-state index in [4.69, 9.17) is 9.15 Å². The van der Waals surface area contributed by atoms with E-state index in [1.54, 1.807) is 18.1 Å². The number of fused-ring (bicyclic) bond motifs is 1. The van der Waals surface area contributed by atoms with E-state index in [1.807, 2.05) is 12.1 Å². The van der Waals surface area contributed by atoms with Crippen LogP contribution in [0.5, 0.6) is 5.88 Å². The lowest BCUT2D eigenvalue weighted by Gasteiger charge is -2.37. The van der Waals surface area contributed by atoms with Gasteiger partial charge in [0, 0.05) is 26.2 Å². The average Bonchev–Trinajstić information content (AvgIpc) is 3.37. The topological polar surface area (TPSA) is 96.3 Å². The first-order chi connectivity index (χ1) is 12.7. The van der Waals surface area contributed by atoms with Gasteiger partial charge in [-0.3, -0.25) is 4.90 Å². The lowest BCUT2D eigenvalue weighted by atomic mass is 10.1. The van der Waals surface area contributed by atoms with E-state index in [0.717, 1.165) is 10.6 Å². The number of ether oxygens (including phenoxy) is 1. The molecule has 1 unspecified atom stereocenters. The summed E-state index contributed by atoms with van der Waals surface area (Å²) < 4.78 is 12.1. The van der Waals surface area contributed by atoms with E-state index in [1.165, 1.54) is 22.2 Å². The summed E-state index contributed by atoms with van der Waals surface area (Å²) in [5.74, 6) is 0.797. The SMILES string of the molecule is CCOC(=O)N1CCN(C(c2ccco2)c2sc3ncnn3c2O)CC1. The van der Waals surface area contributed by atoms with Gasteiger partial charge in [-0.25, -0.2) is 9.78 Å². The largest absolute Gasteiger partial charge is 0.492 e. The molecule has 138 valence electrons. The Labute approximate surface area is 153 Å². The highest BCUT2D eigenvalue weighted by molar-refractivity contribution is 7.17. The molecule has 0 spiro atoms. The fourth-order valence-corrected chi connectivity index (χ4v) is 4.24. The minimum absolute atomic E-state index is 0.0664. The Balaban J connectivity index is 1.60. The predicted octanol–water partition coefficient (Wildman–Crippen LogP) is 1.95. The first kappa shape index (κ1) is 16.9. The molecule has 0 radical (unpaired) electrons. The minimum atomic E-state index is -0.289. The molecule has 1 amide bonds. The van der Waals surface area contributed by atoms with Crippen LogP contribution < -0.4 is 0 Å². The molecule has 1 N–H and O–H groups in total. The van der Waals surface area contributed by atoms with Gasteiger partial charge < -0.3 is 19.2 Å². The lowest BCUT2D eigenvalue weighted by Crippen LogP contribution is -2.49. The van der Waals surface area contributed by atoms with Gasteiger partial charge in [0.1, 0.15) is 18.1 Å². The van der Waals surface area contributed by atoms with Crippen LogP contribution in [0.3, 0.4) is 0 Å². The molecule has 9 nitrogen and oxygen atoms in total. The van der Waals surface area contributed by atoms with Crippen LogP contribution in [0.4, 0.5) is 4.79 Å². The smallest absolute Gasteiger partial charge is 0.409 e. The molecule has 4 rings (SSSR count). The Hall–Kier alpha value is -2.59. The van der Waals surface area contributed by atoms with Crippen LogP contribution >= 0.6 is 11.3 Å². The van der Waals surface area contributed by atoms with Gasteiger partial charge in [-0.15, -0.1) is 0 Å².